The van der Waals surface area contributed by atoms with Gasteiger partial charge in [-0.15, -0.1) is 0 Å². The molecule has 0 saturated carbocycles. The summed E-state index contributed by atoms with van der Waals surface area (Å²) in [5, 5.41) is 0. The van der Waals surface area contributed by atoms with E-state index in [0.717, 1.165) is 31.7 Å². The first-order valence-electron chi connectivity index (χ1n) is 5.87. The third-order valence-electron chi connectivity index (χ3n) is 3.02. The molecule has 0 amide bonds. The fourth-order valence-corrected chi connectivity index (χ4v) is 2.15. The maximum atomic E-state index is 13.7. The van der Waals surface area contributed by atoms with E-state index >= 15 is 0 Å². The highest BCUT2D eigenvalue weighted by Crippen LogP contribution is 2.27. The van der Waals surface area contributed by atoms with E-state index in [0.29, 0.717) is 5.56 Å². The van der Waals surface area contributed by atoms with Crippen molar-refractivity contribution in [1.82, 2.24) is 4.98 Å². The zero-order valence-electron chi connectivity index (χ0n) is 9.40. The fraction of sp³-hybridized carbons (Fsp3) is 0.583. The van der Waals surface area contributed by atoms with E-state index in [1.54, 1.807) is 18.3 Å². The molecule has 1 unspecified atom stereocenters. The number of alkyl halides is 1. The van der Waals surface area contributed by atoms with E-state index in [9.17, 15) is 4.39 Å². The second kappa shape index (κ2) is 5.25. The van der Waals surface area contributed by atoms with Gasteiger partial charge in [-0.25, -0.2) is 9.37 Å². The molecule has 0 aromatic carbocycles. The smallest absolute Gasteiger partial charge is 0.141 e. The zero-order valence-corrected chi connectivity index (χ0v) is 9.40. The molecule has 1 atom stereocenters. The van der Waals surface area contributed by atoms with Crippen LogP contribution in [0.3, 0.4) is 0 Å². The van der Waals surface area contributed by atoms with Gasteiger partial charge in [0.2, 0.25) is 0 Å². The second-order valence-electron chi connectivity index (χ2n) is 4.17. The SMILES string of the molecule is NCC(F)c1cccnc1N1CCCCC1. The van der Waals surface area contributed by atoms with Crippen LogP contribution < -0.4 is 10.6 Å². The molecule has 3 nitrogen and oxygen atoms in total. The van der Waals surface area contributed by atoms with Crippen LogP contribution in [0.4, 0.5) is 10.2 Å². The van der Waals surface area contributed by atoms with Crippen LogP contribution in [0.5, 0.6) is 0 Å². The number of rotatable bonds is 3. The van der Waals surface area contributed by atoms with E-state index in [2.05, 4.69) is 9.88 Å². The number of aromatic nitrogens is 1. The molecule has 4 heteroatoms. The Kier molecular flexibility index (Phi) is 3.72. The molecule has 0 aliphatic carbocycles. The van der Waals surface area contributed by atoms with Gasteiger partial charge < -0.3 is 10.6 Å². The van der Waals surface area contributed by atoms with Crippen molar-refractivity contribution in [3.05, 3.63) is 23.9 Å². The van der Waals surface area contributed by atoms with Crippen LogP contribution in [0.2, 0.25) is 0 Å². The number of hydrogen-bond acceptors (Lipinski definition) is 3. The lowest BCUT2D eigenvalue weighted by molar-refractivity contribution is 0.351. The first kappa shape index (κ1) is 11.3. The highest BCUT2D eigenvalue weighted by molar-refractivity contribution is 5.48. The van der Waals surface area contributed by atoms with E-state index in [-0.39, 0.29) is 6.54 Å². The lowest BCUT2D eigenvalue weighted by Crippen LogP contribution is -2.31. The zero-order chi connectivity index (χ0) is 11.4. The Balaban J connectivity index is 2.24. The number of halogens is 1. The minimum Gasteiger partial charge on any atom is -0.356 e. The molecule has 1 aromatic heterocycles. The van der Waals surface area contributed by atoms with Crippen LogP contribution in [0.25, 0.3) is 0 Å². The molecule has 1 fully saturated rings. The van der Waals surface area contributed by atoms with E-state index in [4.69, 9.17) is 5.73 Å². The van der Waals surface area contributed by atoms with Gasteiger partial charge in [0.05, 0.1) is 0 Å². The first-order chi connectivity index (χ1) is 7.83. The van der Waals surface area contributed by atoms with Crippen LogP contribution in [0.15, 0.2) is 18.3 Å². The molecule has 1 saturated heterocycles. The van der Waals surface area contributed by atoms with E-state index in [1.807, 2.05) is 0 Å². The lowest BCUT2D eigenvalue weighted by Gasteiger charge is -2.29. The Bertz CT molecular complexity index is 337. The fourth-order valence-electron chi connectivity index (χ4n) is 2.15. The highest BCUT2D eigenvalue weighted by Gasteiger charge is 2.19. The van der Waals surface area contributed by atoms with Crippen LogP contribution in [0.1, 0.15) is 31.0 Å². The average molecular weight is 223 g/mol. The third kappa shape index (κ3) is 2.32. The van der Waals surface area contributed by atoms with Gasteiger partial charge in [0.25, 0.3) is 0 Å². The maximum absolute atomic E-state index is 13.7. The molecule has 2 N–H and O–H groups in total. The Morgan fingerprint density at radius 2 is 2.12 bits per heavy atom. The Labute approximate surface area is 95.5 Å². The average Bonchev–Trinajstić information content (AvgIpc) is 2.39. The quantitative estimate of drug-likeness (QED) is 0.852. The summed E-state index contributed by atoms with van der Waals surface area (Å²) in [7, 11) is 0. The number of hydrogen-bond donors (Lipinski definition) is 1. The number of piperidine rings is 1. The molecule has 1 aliphatic heterocycles. The lowest BCUT2D eigenvalue weighted by atomic mass is 10.1. The molecule has 2 rings (SSSR count). The summed E-state index contributed by atoms with van der Waals surface area (Å²) in [6, 6.07) is 3.56. The van der Waals surface area contributed by atoms with Crippen molar-refractivity contribution in [2.24, 2.45) is 5.73 Å². The molecule has 1 aromatic rings. The number of anilines is 1. The topological polar surface area (TPSA) is 42.1 Å². The van der Waals surface area contributed by atoms with Gasteiger partial charge >= 0.3 is 0 Å². The monoisotopic (exact) mass is 223 g/mol. The predicted octanol–water partition coefficient (Wildman–Crippen LogP) is 2.04. The number of nitrogens with zero attached hydrogens (tertiary/aromatic N) is 2. The Morgan fingerprint density at radius 3 is 2.81 bits per heavy atom. The van der Waals surface area contributed by atoms with Crippen molar-refractivity contribution >= 4 is 5.82 Å². The van der Waals surface area contributed by atoms with E-state index < -0.39 is 6.17 Å². The molecule has 1 aliphatic rings. The molecule has 16 heavy (non-hydrogen) atoms. The van der Waals surface area contributed by atoms with Gasteiger partial charge in [-0.3, -0.25) is 0 Å². The molecule has 0 spiro atoms. The van der Waals surface area contributed by atoms with E-state index in [1.165, 1.54) is 6.42 Å². The van der Waals surface area contributed by atoms with Crippen LogP contribution >= 0.6 is 0 Å². The summed E-state index contributed by atoms with van der Waals surface area (Å²) in [4.78, 5) is 6.47. The maximum Gasteiger partial charge on any atom is 0.141 e. The Hall–Kier alpha value is -1.16. The summed E-state index contributed by atoms with van der Waals surface area (Å²) in [5.74, 6) is 0.778. The predicted molar refractivity (Wildman–Crippen MR) is 63.2 cm³/mol. The molecule has 0 radical (unpaired) electrons. The molecular formula is C12H18FN3. The van der Waals surface area contributed by atoms with Crippen molar-refractivity contribution in [2.75, 3.05) is 24.5 Å². The summed E-state index contributed by atoms with van der Waals surface area (Å²) < 4.78 is 13.7. The van der Waals surface area contributed by atoms with Gasteiger partial charge in [-0.1, -0.05) is 6.07 Å². The molecule has 2 heterocycles. The van der Waals surface area contributed by atoms with Crippen LogP contribution in [-0.4, -0.2) is 24.6 Å². The van der Waals surface area contributed by atoms with Crippen molar-refractivity contribution in [1.29, 1.82) is 0 Å². The van der Waals surface area contributed by atoms with Crippen molar-refractivity contribution in [3.63, 3.8) is 0 Å². The van der Waals surface area contributed by atoms with Gasteiger partial charge in [-0.05, 0) is 25.3 Å². The van der Waals surface area contributed by atoms with Gasteiger partial charge in [0.15, 0.2) is 0 Å². The Morgan fingerprint density at radius 1 is 1.38 bits per heavy atom. The largest absolute Gasteiger partial charge is 0.356 e. The summed E-state index contributed by atoms with van der Waals surface area (Å²) >= 11 is 0. The normalized spacial score (nSPS) is 18.5. The number of nitrogens with two attached hydrogens (primary N) is 1. The minimum absolute atomic E-state index is 0.0204. The van der Waals surface area contributed by atoms with Crippen molar-refractivity contribution in [2.45, 2.75) is 25.4 Å². The minimum atomic E-state index is -1.11. The molecule has 0 bridgehead atoms. The summed E-state index contributed by atoms with van der Waals surface area (Å²) in [6.45, 7) is 1.97. The standard InChI is InChI=1S/C12H18FN3/c13-11(9-14)10-5-4-6-15-12(10)16-7-2-1-3-8-16/h4-6,11H,1-3,7-9,14H2. The second-order valence-corrected chi connectivity index (χ2v) is 4.17. The van der Waals surface area contributed by atoms with Gasteiger partial charge in [0, 0.05) is 31.4 Å². The summed E-state index contributed by atoms with van der Waals surface area (Å²) in [5.41, 5.74) is 6.01. The number of pyridine rings is 1. The van der Waals surface area contributed by atoms with Crippen molar-refractivity contribution < 1.29 is 4.39 Å². The summed E-state index contributed by atoms with van der Waals surface area (Å²) in [6.07, 6.45) is 4.20. The van der Waals surface area contributed by atoms with Gasteiger partial charge in [0.1, 0.15) is 12.0 Å². The molecule has 88 valence electrons. The third-order valence-corrected chi connectivity index (χ3v) is 3.02. The highest BCUT2D eigenvalue weighted by atomic mass is 19.1. The van der Waals surface area contributed by atoms with Crippen LogP contribution in [-0.2, 0) is 0 Å². The van der Waals surface area contributed by atoms with Gasteiger partial charge in [-0.2, -0.15) is 0 Å². The van der Waals surface area contributed by atoms with Crippen molar-refractivity contribution in [3.8, 4) is 0 Å². The first-order valence-corrected chi connectivity index (χ1v) is 5.87. The molecular weight excluding hydrogens is 205 g/mol. The van der Waals surface area contributed by atoms with Crippen LogP contribution in [0, 0.1) is 0 Å².